The number of hydrogen-bond acceptors (Lipinski definition) is 3. The number of benzene rings is 2. The lowest BCUT2D eigenvalue weighted by Crippen LogP contribution is -2.02. The van der Waals surface area contributed by atoms with E-state index in [1.54, 1.807) is 26.4 Å². The minimum atomic E-state index is 0.0288. The topological polar surface area (TPSA) is 35.5 Å². The summed E-state index contributed by atoms with van der Waals surface area (Å²) in [4.78, 5) is 12.9. The third kappa shape index (κ3) is 4.67. The normalized spacial score (nSPS) is 11.3. The van der Waals surface area contributed by atoms with Gasteiger partial charge in [-0.15, -0.1) is 0 Å². The van der Waals surface area contributed by atoms with Gasteiger partial charge in [-0.2, -0.15) is 0 Å². The van der Waals surface area contributed by atoms with Crippen LogP contribution in [0.25, 0.3) is 11.1 Å². The van der Waals surface area contributed by atoms with E-state index < -0.39 is 0 Å². The summed E-state index contributed by atoms with van der Waals surface area (Å²) in [5, 5.41) is 0.827. The molecule has 25 heavy (non-hydrogen) atoms. The number of rotatable bonds is 7. The van der Waals surface area contributed by atoms with E-state index in [4.69, 9.17) is 32.7 Å². The van der Waals surface area contributed by atoms with Crippen molar-refractivity contribution >= 4 is 37.3 Å². The predicted molar refractivity (Wildman–Crippen MR) is 107 cm³/mol. The van der Waals surface area contributed by atoms with Crippen LogP contribution in [0.4, 0.5) is 0 Å². The van der Waals surface area contributed by atoms with Gasteiger partial charge in [-0.25, -0.2) is 0 Å². The Bertz CT molecular complexity index is 753. The minimum Gasteiger partial charge on any atom is -0.496 e. The Morgan fingerprint density at radius 1 is 1.08 bits per heavy atom. The first-order valence-corrected chi connectivity index (χ1v) is 9.84. The van der Waals surface area contributed by atoms with Gasteiger partial charge in [0.15, 0.2) is 5.52 Å². The molecule has 0 amide bonds. The largest absolute Gasteiger partial charge is 0.496 e. The molecule has 2 aromatic rings. The van der Waals surface area contributed by atoms with E-state index in [-0.39, 0.29) is 14.1 Å². The van der Waals surface area contributed by atoms with Gasteiger partial charge in [-0.1, -0.05) is 43.1 Å². The zero-order chi connectivity index (χ0) is 18.6. The van der Waals surface area contributed by atoms with Crippen molar-refractivity contribution in [2.45, 2.75) is 13.8 Å². The summed E-state index contributed by atoms with van der Waals surface area (Å²) in [7, 11) is 3.30. The molecule has 6 heteroatoms. The zero-order valence-corrected chi connectivity index (χ0v) is 17.2. The molecule has 0 N–H and O–H groups in total. The highest BCUT2D eigenvalue weighted by atomic mass is 35.5. The molecule has 0 saturated carbocycles. The van der Waals surface area contributed by atoms with Crippen LogP contribution in [-0.4, -0.2) is 25.9 Å². The molecular weight excluding hydrogens is 378 g/mol. The maximum atomic E-state index is 12.9. The van der Waals surface area contributed by atoms with E-state index in [0.29, 0.717) is 44.2 Å². The van der Waals surface area contributed by atoms with E-state index in [1.807, 2.05) is 18.2 Å². The number of hydrogen-bond donors (Lipinski definition) is 0. The average Bonchev–Trinajstić information content (AvgIpc) is 2.58. The van der Waals surface area contributed by atoms with Crippen molar-refractivity contribution in [1.29, 1.82) is 0 Å². The summed E-state index contributed by atoms with van der Waals surface area (Å²) in [5.74, 6) is 1.62. The quantitative estimate of drug-likeness (QED) is 0.524. The molecule has 1 unspecified atom stereocenters. The fourth-order valence-corrected chi connectivity index (χ4v) is 4.07. The highest BCUT2D eigenvalue weighted by molar-refractivity contribution is 7.58. The molecule has 0 aliphatic heterocycles. The zero-order valence-electron chi connectivity index (χ0n) is 14.7. The maximum Gasteiger partial charge on any atom is 0.181 e. The van der Waals surface area contributed by atoms with Gasteiger partial charge < -0.3 is 9.47 Å². The Kier molecular flexibility index (Phi) is 7.13. The smallest absolute Gasteiger partial charge is 0.181 e. The van der Waals surface area contributed by atoms with Crippen LogP contribution in [0.2, 0.25) is 10.0 Å². The second-order valence-electron chi connectivity index (χ2n) is 5.95. The highest BCUT2D eigenvalue weighted by Crippen LogP contribution is 2.45. The molecular formula is C19H21Cl2O3P. The van der Waals surface area contributed by atoms with Crippen molar-refractivity contribution in [3.63, 3.8) is 0 Å². The fraction of sp³-hybridized carbons (Fsp3) is 0.316. The maximum absolute atomic E-state index is 12.9. The summed E-state index contributed by atoms with van der Waals surface area (Å²) in [6, 6.07) is 8.75. The van der Waals surface area contributed by atoms with Gasteiger partial charge >= 0.3 is 0 Å². The Hall–Kier alpha value is -1.28. The Morgan fingerprint density at radius 3 is 2.20 bits per heavy atom. The molecule has 0 spiro atoms. The van der Waals surface area contributed by atoms with Gasteiger partial charge in [0.1, 0.15) is 11.5 Å². The first-order valence-electron chi connectivity index (χ1n) is 7.87. The minimum absolute atomic E-state index is 0.0288. The molecule has 1 atom stereocenters. The van der Waals surface area contributed by atoms with E-state index in [1.165, 1.54) is 0 Å². The first kappa shape index (κ1) is 20.0. The van der Waals surface area contributed by atoms with Crippen molar-refractivity contribution in [2.75, 3.05) is 20.4 Å². The van der Waals surface area contributed by atoms with Crippen LogP contribution in [0.1, 0.15) is 24.2 Å². The lowest BCUT2D eigenvalue weighted by Gasteiger charge is -2.18. The summed E-state index contributed by atoms with van der Waals surface area (Å²) in [6.07, 6.45) is 0.825. The molecule has 0 fully saturated rings. The second-order valence-corrected chi connectivity index (χ2v) is 8.01. The van der Waals surface area contributed by atoms with Crippen molar-refractivity contribution in [1.82, 2.24) is 0 Å². The Balaban J connectivity index is 2.68. The van der Waals surface area contributed by atoms with Gasteiger partial charge in [-0.05, 0) is 44.9 Å². The molecule has 0 heterocycles. The van der Waals surface area contributed by atoms with Crippen LogP contribution >= 0.6 is 31.8 Å². The van der Waals surface area contributed by atoms with Crippen LogP contribution in [0.5, 0.6) is 11.5 Å². The lowest BCUT2D eigenvalue weighted by molar-refractivity contribution is 0.108. The molecule has 0 radical (unpaired) electrons. The molecule has 0 saturated heterocycles. The number of carbonyl (C=O) groups excluding carboxylic acids is 1. The van der Waals surface area contributed by atoms with Crippen molar-refractivity contribution < 1.29 is 14.3 Å². The number of halogens is 2. The molecule has 0 aliphatic carbocycles. The van der Waals surface area contributed by atoms with Gasteiger partial charge in [-0.3, -0.25) is 4.79 Å². The SMILES string of the molecule is COc1cccc(OC)c1-c1c(Cl)cc(Cl)cc1C(=O)PCC(C)C. The lowest BCUT2D eigenvalue weighted by atomic mass is 9.98. The first-order chi connectivity index (χ1) is 11.9. The Labute approximate surface area is 160 Å². The molecule has 0 bridgehead atoms. The summed E-state index contributed by atoms with van der Waals surface area (Å²) >= 11 is 12.7. The molecule has 2 aromatic carbocycles. The highest BCUT2D eigenvalue weighted by Gasteiger charge is 2.23. The second kappa shape index (κ2) is 8.89. The van der Waals surface area contributed by atoms with Crippen LogP contribution < -0.4 is 9.47 Å². The van der Waals surface area contributed by atoms with E-state index >= 15 is 0 Å². The number of carbonyl (C=O) groups is 1. The Morgan fingerprint density at radius 2 is 1.68 bits per heavy atom. The average molecular weight is 399 g/mol. The van der Waals surface area contributed by atoms with Crippen LogP contribution in [-0.2, 0) is 0 Å². The monoisotopic (exact) mass is 398 g/mol. The van der Waals surface area contributed by atoms with Crippen molar-refractivity contribution in [3.05, 3.63) is 45.9 Å². The van der Waals surface area contributed by atoms with Crippen LogP contribution in [0.3, 0.4) is 0 Å². The van der Waals surface area contributed by atoms with Gasteiger partial charge in [0.2, 0.25) is 0 Å². The number of methoxy groups -OCH3 is 2. The standard InChI is InChI=1S/C19H21Cl2O3P/c1-11(2)10-25-19(22)13-8-12(20)9-14(21)17(13)18-15(23-3)6-5-7-16(18)24-4/h5-9,11,25H,10H2,1-4H3. The summed E-state index contributed by atoms with van der Waals surface area (Å²) in [6.45, 7) is 4.19. The third-order valence-corrected chi connectivity index (χ3v) is 5.78. The third-order valence-electron chi connectivity index (χ3n) is 3.65. The number of ether oxygens (including phenoxy) is 2. The molecule has 0 aliphatic rings. The van der Waals surface area contributed by atoms with Crippen molar-refractivity contribution in [2.24, 2.45) is 5.92 Å². The van der Waals surface area contributed by atoms with Gasteiger partial charge in [0, 0.05) is 16.1 Å². The summed E-state index contributed by atoms with van der Waals surface area (Å²) < 4.78 is 11.0. The molecule has 134 valence electrons. The molecule has 0 aromatic heterocycles. The van der Waals surface area contributed by atoms with Gasteiger partial charge in [0.05, 0.1) is 24.8 Å². The molecule has 3 nitrogen and oxygen atoms in total. The van der Waals surface area contributed by atoms with Crippen LogP contribution in [0, 0.1) is 5.92 Å². The van der Waals surface area contributed by atoms with E-state index in [0.717, 1.165) is 6.16 Å². The van der Waals surface area contributed by atoms with E-state index in [2.05, 4.69) is 13.8 Å². The fourth-order valence-electron chi connectivity index (χ4n) is 2.50. The van der Waals surface area contributed by atoms with E-state index in [9.17, 15) is 4.79 Å². The summed E-state index contributed by atoms with van der Waals surface area (Å²) in [5.41, 5.74) is 1.79. The van der Waals surface area contributed by atoms with Gasteiger partial charge in [0.25, 0.3) is 0 Å². The molecule has 2 rings (SSSR count). The predicted octanol–water partition coefficient (Wildman–Crippen LogP) is 6.15. The van der Waals surface area contributed by atoms with Crippen molar-refractivity contribution in [3.8, 4) is 22.6 Å². The van der Waals surface area contributed by atoms with Crippen LogP contribution in [0.15, 0.2) is 30.3 Å².